The average molecular weight is 245 g/mol. The van der Waals surface area contributed by atoms with Crippen LogP contribution in [-0.4, -0.2) is 17.3 Å². The van der Waals surface area contributed by atoms with Gasteiger partial charge in [-0.05, 0) is 28.4 Å². The fraction of sp³-hybridized carbons (Fsp3) is 0.286. The summed E-state index contributed by atoms with van der Waals surface area (Å²) in [7, 11) is 0. The number of aliphatic imine (C=N–C) groups is 2. The molecule has 0 N–H and O–H groups in total. The van der Waals surface area contributed by atoms with Gasteiger partial charge in [0.1, 0.15) is 12.3 Å². The molecule has 1 unspecified atom stereocenters. The molecule has 2 aliphatic heterocycles. The van der Waals surface area contributed by atoms with Crippen molar-refractivity contribution in [2.75, 3.05) is 0 Å². The predicted octanol–water partition coefficient (Wildman–Crippen LogP) is 1.94. The van der Waals surface area contributed by atoms with Crippen molar-refractivity contribution in [3.05, 3.63) is 9.39 Å². The van der Waals surface area contributed by atoms with E-state index in [4.69, 9.17) is 0 Å². The van der Waals surface area contributed by atoms with Crippen LogP contribution in [0.25, 0.3) is 0 Å². The third-order valence-corrected chi connectivity index (χ3v) is 3.96. The molecule has 62 valence electrons. The molecule has 0 aromatic heterocycles. The molecular weight excluding hydrogens is 240 g/mol. The smallest absolute Gasteiger partial charge is 0.261 e. The molecule has 0 aromatic carbocycles. The lowest BCUT2D eigenvalue weighted by atomic mass is 10.0. The lowest BCUT2D eigenvalue weighted by Gasteiger charge is -2.09. The summed E-state index contributed by atoms with van der Waals surface area (Å²) in [6, 6.07) is 0. The van der Waals surface area contributed by atoms with Gasteiger partial charge in [-0.15, -0.1) is 0 Å². The summed E-state index contributed by atoms with van der Waals surface area (Å²) in [5.74, 6) is -0.325. The number of rotatable bonds is 0. The molecule has 3 nitrogen and oxygen atoms in total. The van der Waals surface area contributed by atoms with Gasteiger partial charge in [0, 0.05) is 0 Å². The quantitative estimate of drug-likeness (QED) is 0.654. The Morgan fingerprint density at radius 1 is 1.67 bits per heavy atom. The molecule has 0 fully saturated rings. The highest BCUT2D eigenvalue weighted by atomic mass is 79.9. The maximum absolute atomic E-state index is 11.3. The van der Waals surface area contributed by atoms with Gasteiger partial charge in [0.05, 0.1) is 8.86 Å². The van der Waals surface area contributed by atoms with Crippen LogP contribution in [-0.2, 0) is 4.79 Å². The highest BCUT2D eigenvalue weighted by molar-refractivity contribution is 9.14. The van der Waals surface area contributed by atoms with Crippen LogP contribution in [0, 0.1) is 5.92 Å². The number of halogens is 1. The van der Waals surface area contributed by atoms with Crippen molar-refractivity contribution in [1.29, 1.82) is 0 Å². The highest BCUT2D eigenvalue weighted by Crippen LogP contribution is 2.42. The summed E-state index contributed by atoms with van der Waals surface area (Å²) in [4.78, 5) is 19.0. The lowest BCUT2D eigenvalue weighted by molar-refractivity contribution is -0.118. The topological polar surface area (TPSA) is 41.8 Å². The number of hydrogen-bond donors (Lipinski definition) is 0. The molecule has 0 saturated carbocycles. The van der Waals surface area contributed by atoms with E-state index in [0.717, 1.165) is 14.4 Å². The first-order valence-electron chi connectivity index (χ1n) is 3.38. The summed E-state index contributed by atoms with van der Waals surface area (Å²) in [6.45, 7) is 1.92. The van der Waals surface area contributed by atoms with Crippen LogP contribution in [0.1, 0.15) is 6.92 Å². The maximum atomic E-state index is 11.3. The molecule has 2 rings (SSSR count). The molecular formula is C7H5BrN2OS. The van der Waals surface area contributed by atoms with Gasteiger partial charge in [0.15, 0.2) is 0 Å². The summed E-state index contributed by atoms with van der Waals surface area (Å²) < 4.78 is 0.991. The Morgan fingerprint density at radius 3 is 3.08 bits per heavy atom. The third kappa shape index (κ3) is 1.08. The van der Waals surface area contributed by atoms with Crippen molar-refractivity contribution in [1.82, 2.24) is 0 Å². The number of carbonyl (C=O) groups excluding carboxylic acids is 1. The molecule has 0 saturated heterocycles. The normalized spacial score (nSPS) is 27.7. The second kappa shape index (κ2) is 2.81. The molecule has 0 aliphatic carbocycles. The molecule has 0 spiro atoms. The second-order valence-electron chi connectivity index (χ2n) is 2.54. The van der Waals surface area contributed by atoms with Gasteiger partial charge in [0.2, 0.25) is 0 Å². The van der Waals surface area contributed by atoms with E-state index >= 15 is 0 Å². The van der Waals surface area contributed by atoms with Crippen LogP contribution in [0.5, 0.6) is 0 Å². The van der Waals surface area contributed by atoms with Gasteiger partial charge in [-0.2, -0.15) is 0 Å². The Labute approximate surface area is 82.2 Å². The van der Waals surface area contributed by atoms with E-state index in [-0.39, 0.29) is 11.8 Å². The first-order valence-corrected chi connectivity index (χ1v) is 4.99. The van der Waals surface area contributed by atoms with E-state index in [1.165, 1.54) is 18.1 Å². The van der Waals surface area contributed by atoms with Crippen molar-refractivity contribution >= 4 is 45.0 Å². The van der Waals surface area contributed by atoms with E-state index in [2.05, 4.69) is 25.9 Å². The maximum Gasteiger partial charge on any atom is 0.261 e. The lowest BCUT2D eigenvalue weighted by Crippen LogP contribution is -2.21. The number of hydrogen-bond acceptors (Lipinski definition) is 3. The van der Waals surface area contributed by atoms with Gasteiger partial charge in [-0.1, -0.05) is 11.8 Å². The Balaban J connectivity index is 2.45. The number of amides is 1. The van der Waals surface area contributed by atoms with E-state index in [0.29, 0.717) is 0 Å². The molecule has 2 heterocycles. The molecule has 12 heavy (non-hydrogen) atoms. The second-order valence-corrected chi connectivity index (χ2v) is 4.89. The number of carbonyl (C=O) groups is 1. The summed E-state index contributed by atoms with van der Waals surface area (Å²) in [5.41, 5.74) is 1.01. The average Bonchev–Trinajstić information content (AvgIpc) is 2.29. The van der Waals surface area contributed by atoms with E-state index in [9.17, 15) is 4.79 Å². The molecule has 2 aliphatic rings. The fourth-order valence-electron chi connectivity index (χ4n) is 1.14. The molecule has 1 amide bonds. The number of fused-ring (bicyclic) bond motifs is 1. The van der Waals surface area contributed by atoms with Crippen LogP contribution in [0.15, 0.2) is 19.4 Å². The van der Waals surface area contributed by atoms with Crippen molar-refractivity contribution in [2.45, 2.75) is 6.92 Å². The standard InChI is InChI=1S/C7H5BrN2OS/c1-3-4-6(11)9-2-10-7(4)12-5(3)8/h2,4H,1H3. The number of nitrogens with zero attached hydrogens (tertiary/aromatic N) is 2. The van der Waals surface area contributed by atoms with Crippen molar-refractivity contribution in [2.24, 2.45) is 15.9 Å². The zero-order chi connectivity index (χ0) is 8.72. The minimum atomic E-state index is -0.214. The SMILES string of the molecule is CC1=C(Br)SC2=NC=NC(=O)C21. The fourth-order valence-corrected chi connectivity index (χ4v) is 2.82. The van der Waals surface area contributed by atoms with Gasteiger partial charge in [-0.25, -0.2) is 9.98 Å². The zero-order valence-corrected chi connectivity index (χ0v) is 8.65. The zero-order valence-electron chi connectivity index (χ0n) is 6.24. The van der Waals surface area contributed by atoms with E-state index in [1.807, 2.05) is 6.92 Å². The molecule has 0 radical (unpaired) electrons. The Hall–Kier alpha value is -0.420. The van der Waals surface area contributed by atoms with Gasteiger partial charge >= 0.3 is 0 Å². The van der Waals surface area contributed by atoms with Gasteiger partial charge < -0.3 is 0 Å². The van der Waals surface area contributed by atoms with Crippen molar-refractivity contribution < 1.29 is 4.79 Å². The number of thioether (sulfide) groups is 1. The molecule has 1 atom stereocenters. The Kier molecular flexibility index (Phi) is 1.92. The van der Waals surface area contributed by atoms with Crippen LogP contribution < -0.4 is 0 Å². The van der Waals surface area contributed by atoms with E-state index < -0.39 is 0 Å². The Morgan fingerprint density at radius 2 is 2.42 bits per heavy atom. The largest absolute Gasteiger partial charge is 0.271 e. The van der Waals surface area contributed by atoms with Gasteiger partial charge in [0.25, 0.3) is 5.91 Å². The molecule has 5 heteroatoms. The first-order chi connectivity index (χ1) is 5.70. The molecule has 0 aromatic rings. The minimum Gasteiger partial charge on any atom is -0.271 e. The first kappa shape index (κ1) is 8.19. The highest BCUT2D eigenvalue weighted by Gasteiger charge is 2.35. The summed E-state index contributed by atoms with van der Waals surface area (Å²) >= 11 is 4.87. The third-order valence-electron chi connectivity index (χ3n) is 1.80. The predicted molar refractivity (Wildman–Crippen MR) is 53.6 cm³/mol. The molecule has 0 bridgehead atoms. The van der Waals surface area contributed by atoms with Crippen molar-refractivity contribution in [3.8, 4) is 0 Å². The van der Waals surface area contributed by atoms with Crippen LogP contribution >= 0.6 is 27.7 Å². The van der Waals surface area contributed by atoms with Crippen molar-refractivity contribution in [3.63, 3.8) is 0 Å². The summed E-state index contributed by atoms with van der Waals surface area (Å²) in [6.07, 6.45) is 1.32. The summed E-state index contributed by atoms with van der Waals surface area (Å²) in [5, 5.41) is 0.833. The van der Waals surface area contributed by atoms with Crippen LogP contribution in [0.4, 0.5) is 0 Å². The Bertz CT molecular complexity index is 345. The van der Waals surface area contributed by atoms with Gasteiger partial charge in [-0.3, -0.25) is 4.79 Å². The monoisotopic (exact) mass is 244 g/mol. The van der Waals surface area contributed by atoms with Crippen LogP contribution in [0.2, 0.25) is 0 Å². The van der Waals surface area contributed by atoms with E-state index in [1.54, 1.807) is 0 Å². The van der Waals surface area contributed by atoms with Crippen LogP contribution in [0.3, 0.4) is 0 Å². The minimum absolute atomic E-state index is 0.112.